The Bertz CT molecular complexity index is 481. The second-order valence-electron chi connectivity index (χ2n) is 2.43. The van der Waals surface area contributed by atoms with E-state index >= 15 is 0 Å². The molecule has 0 saturated carbocycles. The highest BCUT2D eigenvalue weighted by Crippen LogP contribution is 2.23. The van der Waals surface area contributed by atoms with Crippen molar-refractivity contribution in [3.8, 4) is 0 Å². The molecule has 0 saturated heterocycles. The minimum absolute atomic E-state index is 0.366. The van der Waals surface area contributed by atoms with Crippen molar-refractivity contribution in [2.24, 2.45) is 0 Å². The van der Waals surface area contributed by atoms with Crippen LogP contribution in [0.3, 0.4) is 0 Å². The summed E-state index contributed by atoms with van der Waals surface area (Å²) in [6, 6.07) is 2.54. The zero-order valence-corrected chi connectivity index (χ0v) is 7.52. The lowest BCUT2D eigenvalue weighted by molar-refractivity contribution is -0.384. The SMILES string of the molecule is Nc1cc([N+](=O)[O-])ccc1S(=O)(=O)[O-]. The largest absolute Gasteiger partial charge is 0.744 e. The summed E-state index contributed by atoms with van der Waals surface area (Å²) in [6.07, 6.45) is 0. The molecule has 0 unspecified atom stereocenters. The molecule has 0 spiro atoms. The fourth-order valence-corrected chi connectivity index (χ4v) is 1.46. The lowest BCUT2D eigenvalue weighted by Gasteiger charge is -2.08. The summed E-state index contributed by atoms with van der Waals surface area (Å²) in [7, 11) is -4.67. The number of nitrogens with two attached hydrogens (primary N) is 1. The van der Waals surface area contributed by atoms with E-state index in [0.29, 0.717) is 0 Å². The number of benzene rings is 1. The molecule has 0 aliphatic rings. The summed E-state index contributed by atoms with van der Waals surface area (Å²) in [5, 5.41) is 10.2. The van der Waals surface area contributed by atoms with Crippen molar-refractivity contribution in [2.75, 3.05) is 5.73 Å². The van der Waals surface area contributed by atoms with E-state index in [1.807, 2.05) is 0 Å². The number of non-ortho nitro benzene ring substituents is 1. The van der Waals surface area contributed by atoms with Crippen LogP contribution >= 0.6 is 0 Å². The number of nitro groups is 1. The van der Waals surface area contributed by atoms with E-state index in [1.165, 1.54) is 0 Å². The third kappa shape index (κ3) is 1.98. The number of nitro benzene ring substituents is 1. The monoisotopic (exact) mass is 217 g/mol. The van der Waals surface area contributed by atoms with Gasteiger partial charge in [0.25, 0.3) is 5.69 Å². The summed E-state index contributed by atoms with van der Waals surface area (Å²) in [6.45, 7) is 0. The molecule has 8 heteroatoms. The first-order valence-electron chi connectivity index (χ1n) is 3.32. The van der Waals surface area contributed by atoms with Crippen LogP contribution in [0.1, 0.15) is 0 Å². The molecule has 7 nitrogen and oxygen atoms in total. The Labute approximate surface area is 79.1 Å². The summed E-state index contributed by atoms with van der Waals surface area (Å²) >= 11 is 0. The van der Waals surface area contributed by atoms with Crippen molar-refractivity contribution in [3.63, 3.8) is 0 Å². The van der Waals surface area contributed by atoms with Crippen molar-refractivity contribution in [1.82, 2.24) is 0 Å². The van der Waals surface area contributed by atoms with Crippen LogP contribution in [0.15, 0.2) is 23.1 Å². The topological polar surface area (TPSA) is 126 Å². The van der Waals surface area contributed by atoms with Crippen LogP contribution in [-0.2, 0) is 10.1 Å². The van der Waals surface area contributed by atoms with Gasteiger partial charge in [0, 0.05) is 12.1 Å². The molecule has 2 N–H and O–H groups in total. The minimum Gasteiger partial charge on any atom is -0.744 e. The Morgan fingerprint density at radius 2 is 1.93 bits per heavy atom. The van der Waals surface area contributed by atoms with E-state index < -0.39 is 25.6 Å². The number of anilines is 1. The second kappa shape index (κ2) is 3.24. The van der Waals surface area contributed by atoms with Crippen molar-refractivity contribution in [3.05, 3.63) is 28.3 Å². The highest BCUT2D eigenvalue weighted by molar-refractivity contribution is 7.86. The zero-order chi connectivity index (χ0) is 10.9. The maximum absolute atomic E-state index is 10.5. The maximum atomic E-state index is 10.5. The van der Waals surface area contributed by atoms with Gasteiger partial charge in [-0.2, -0.15) is 0 Å². The van der Waals surface area contributed by atoms with Crippen molar-refractivity contribution in [1.29, 1.82) is 0 Å². The maximum Gasteiger partial charge on any atom is 0.271 e. The summed E-state index contributed by atoms with van der Waals surface area (Å²) < 4.78 is 31.6. The molecule has 0 aliphatic heterocycles. The van der Waals surface area contributed by atoms with E-state index in [4.69, 9.17) is 5.73 Å². The fraction of sp³-hybridized carbons (Fsp3) is 0. The highest BCUT2D eigenvalue weighted by atomic mass is 32.2. The third-order valence-corrected chi connectivity index (χ3v) is 2.38. The average Bonchev–Trinajstić information content (AvgIpc) is 2.01. The standard InChI is InChI=1S/C6H6N2O5S/c7-5-3-4(8(9)10)1-2-6(5)14(11,12)13/h1-3H,7H2,(H,11,12,13)/p-1. The zero-order valence-electron chi connectivity index (χ0n) is 6.71. The molecule has 0 aliphatic carbocycles. The number of hydrogen-bond acceptors (Lipinski definition) is 6. The molecular formula is C6H5N2O5S-. The van der Waals surface area contributed by atoms with Gasteiger partial charge in [0.2, 0.25) is 0 Å². The van der Waals surface area contributed by atoms with Gasteiger partial charge in [-0.05, 0) is 6.07 Å². The van der Waals surface area contributed by atoms with Gasteiger partial charge in [-0.25, -0.2) is 8.42 Å². The molecule has 0 atom stereocenters. The summed E-state index contributed by atoms with van der Waals surface area (Å²) in [4.78, 5) is 8.85. The molecule has 0 aromatic heterocycles. The second-order valence-corrected chi connectivity index (χ2v) is 3.78. The quantitative estimate of drug-likeness (QED) is 0.323. The predicted octanol–water partition coefficient (Wildman–Crippen LogP) is 0.0811. The molecule has 0 fully saturated rings. The summed E-state index contributed by atoms with van der Waals surface area (Å²) in [5.41, 5.74) is 4.37. The van der Waals surface area contributed by atoms with Crippen LogP contribution in [0.4, 0.5) is 11.4 Å². The molecule has 0 amide bonds. The Balaban J connectivity index is 3.35. The van der Waals surface area contributed by atoms with Gasteiger partial charge in [-0.15, -0.1) is 0 Å². The van der Waals surface area contributed by atoms with Crippen LogP contribution in [0.5, 0.6) is 0 Å². The number of nitrogen functional groups attached to an aromatic ring is 1. The molecule has 0 bridgehead atoms. The Hall–Kier alpha value is -1.67. The molecule has 0 heterocycles. The highest BCUT2D eigenvalue weighted by Gasteiger charge is 2.11. The van der Waals surface area contributed by atoms with Crippen molar-refractivity contribution >= 4 is 21.5 Å². The van der Waals surface area contributed by atoms with E-state index in [1.54, 1.807) is 0 Å². The number of rotatable bonds is 2. The summed E-state index contributed by atoms with van der Waals surface area (Å²) in [5.74, 6) is 0. The van der Waals surface area contributed by atoms with Crippen LogP contribution in [0, 0.1) is 10.1 Å². The molecule has 1 aromatic rings. The average molecular weight is 217 g/mol. The first kappa shape index (κ1) is 10.4. The van der Waals surface area contributed by atoms with Gasteiger partial charge in [0.05, 0.1) is 15.5 Å². The number of hydrogen-bond donors (Lipinski definition) is 1. The third-order valence-electron chi connectivity index (χ3n) is 1.47. The van der Waals surface area contributed by atoms with E-state index in [2.05, 4.69) is 0 Å². The normalized spacial score (nSPS) is 11.2. The molecule has 14 heavy (non-hydrogen) atoms. The first-order chi connectivity index (χ1) is 6.32. The van der Waals surface area contributed by atoms with E-state index in [9.17, 15) is 23.1 Å². The molecule has 76 valence electrons. The van der Waals surface area contributed by atoms with Crippen LogP contribution < -0.4 is 5.73 Å². The van der Waals surface area contributed by atoms with Crippen LogP contribution in [-0.4, -0.2) is 17.9 Å². The Kier molecular flexibility index (Phi) is 2.41. The molecular weight excluding hydrogens is 212 g/mol. The van der Waals surface area contributed by atoms with Crippen LogP contribution in [0.25, 0.3) is 0 Å². The van der Waals surface area contributed by atoms with Crippen molar-refractivity contribution < 1.29 is 17.9 Å². The van der Waals surface area contributed by atoms with E-state index in [-0.39, 0.29) is 5.69 Å². The van der Waals surface area contributed by atoms with E-state index in [0.717, 1.165) is 18.2 Å². The first-order valence-corrected chi connectivity index (χ1v) is 4.73. The Morgan fingerprint density at radius 1 is 1.36 bits per heavy atom. The number of nitrogens with zero attached hydrogens (tertiary/aromatic N) is 1. The van der Waals surface area contributed by atoms with Gasteiger partial charge in [-0.3, -0.25) is 10.1 Å². The van der Waals surface area contributed by atoms with Gasteiger partial charge >= 0.3 is 0 Å². The minimum atomic E-state index is -4.67. The smallest absolute Gasteiger partial charge is 0.271 e. The predicted molar refractivity (Wildman–Crippen MR) is 45.5 cm³/mol. The van der Waals surface area contributed by atoms with Gasteiger partial charge in [0.1, 0.15) is 10.1 Å². The molecule has 1 aromatic carbocycles. The van der Waals surface area contributed by atoms with Gasteiger partial charge in [-0.1, -0.05) is 0 Å². The van der Waals surface area contributed by atoms with Crippen molar-refractivity contribution in [2.45, 2.75) is 4.90 Å². The lowest BCUT2D eigenvalue weighted by atomic mass is 10.3. The lowest BCUT2D eigenvalue weighted by Crippen LogP contribution is -2.03. The molecule has 0 radical (unpaired) electrons. The van der Waals surface area contributed by atoms with Gasteiger partial charge < -0.3 is 10.3 Å². The fourth-order valence-electron chi connectivity index (χ4n) is 0.877. The Morgan fingerprint density at radius 3 is 2.29 bits per heavy atom. The van der Waals surface area contributed by atoms with Gasteiger partial charge in [0.15, 0.2) is 0 Å². The van der Waals surface area contributed by atoms with Crippen LogP contribution in [0.2, 0.25) is 0 Å². The molecule has 1 rings (SSSR count).